The lowest BCUT2D eigenvalue weighted by Crippen LogP contribution is -2.68. The number of carbonyl (C=O) groups excluding carboxylic acids is 4. The number of amides is 6. The minimum absolute atomic E-state index is 0.111. The van der Waals surface area contributed by atoms with Gasteiger partial charge in [0.2, 0.25) is 0 Å². The molecule has 2 spiro atoms. The fourth-order valence-electron chi connectivity index (χ4n) is 9.13. The first-order chi connectivity index (χ1) is 21.4. The van der Waals surface area contributed by atoms with Crippen LogP contribution in [0.15, 0.2) is 0 Å². The van der Waals surface area contributed by atoms with Gasteiger partial charge in [-0.15, -0.1) is 0 Å². The summed E-state index contributed by atoms with van der Waals surface area (Å²) in [6.45, 7) is 19.0. The van der Waals surface area contributed by atoms with Gasteiger partial charge in [0.15, 0.2) is 0 Å². The summed E-state index contributed by atoms with van der Waals surface area (Å²) in [5.41, 5.74) is -3.41. The second kappa shape index (κ2) is 12.5. The lowest BCUT2D eigenvalue weighted by Gasteiger charge is -2.56. The van der Waals surface area contributed by atoms with Crippen LogP contribution in [0.5, 0.6) is 0 Å². The molecule has 0 radical (unpaired) electrons. The number of likely N-dealkylation sites (tertiary alicyclic amines) is 2. The molecule has 2 unspecified atom stereocenters. The van der Waals surface area contributed by atoms with Gasteiger partial charge in [-0.1, -0.05) is 13.3 Å². The van der Waals surface area contributed by atoms with Gasteiger partial charge in [-0.3, -0.25) is 34.1 Å². The van der Waals surface area contributed by atoms with Gasteiger partial charge in [0, 0.05) is 35.2 Å². The zero-order valence-electron chi connectivity index (χ0n) is 30.7. The number of aliphatic hydroxyl groups is 2. The third kappa shape index (κ3) is 7.06. The van der Waals surface area contributed by atoms with Crippen molar-refractivity contribution in [2.75, 3.05) is 46.8 Å². The summed E-state index contributed by atoms with van der Waals surface area (Å²) in [6, 6.07) is -1.00. The van der Waals surface area contributed by atoms with Crippen molar-refractivity contribution in [3.05, 3.63) is 0 Å². The summed E-state index contributed by atoms with van der Waals surface area (Å²) in [4.78, 5) is 62.6. The molecule has 4 fully saturated rings. The number of imide groups is 2. The topological polar surface area (TPSA) is 149 Å². The zero-order valence-corrected chi connectivity index (χ0v) is 30.7. The van der Waals surface area contributed by atoms with Gasteiger partial charge >= 0.3 is 12.1 Å². The Bertz CT molecular complexity index is 1120. The number of carbonyl (C=O) groups is 4. The van der Waals surface area contributed by atoms with Crippen LogP contribution in [0.25, 0.3) is 0 Å². The molecule has 0 aromatic heterocycles. The molecule has 0 aromatic carbocycles. The number of hydrogen-bond acceptors (Lipinski definition) is 9. The van der Waals surface area contributed by atoms with Gasteiger partial charge in [-0.05, 0) is 108 Å². The Balaban J connectivity index is 1.40. The number of nitrogens with one attached hydrogen (secondary N) is 2. The number of unbranched alkanes of at least 4 members (excludes halogenated alkanes) is 1. The summed E-state index contributed by atoms with van der Waals surface area (Å²) in [6.07, 6.45) is 1.41. The van der Waals surface area contributed by atoms with E-state index in [1.165, 1.54) is 0 Å². The van der Waals surface area contributed by atoms with E-state index in [1.807, 2.05) is 25.9 Å². The number of nitrogens with zero attached hydrogens (tertiary/aromatic N) is 5. The van der Waals surface area contributed by atoms with E-state index < -0.39 is 35.3 Å². The van der Waals surface area contributed by atoms with Crippen LogP contribution in [0.2, 0.25) is 0 Å². The van der Waals surface area contributed by atoms with Crippen molar-refractivity contribution in [3.8, 4) is 0 Å². The molecule has 0 aliphatic carbocycles. The molecular formula is C34H61N7O6. The second-order valence-electron chi connectivity index (χ2n) is 17.4. The van der Waals surface area contributed by atoms with E-state index in [2.05, 4.69) is 75.8 Å². The molecule has 4 N–H and O–H groups in total. The zero-order chi connectivity index (χ0) is 35.5. The summed E-state index contributed by atoms with van der Waals surface area (Å²) < 4.78 is 0. The molecule has 0 aromatic rings. The average molecular weight is 664 g/mol. The normalized spacial score (nSPS) is 27.5. The fraction of sp³-hybridized carbons (Fsp3) is 0.882. The quantitative estimate of drug-likeness (QED) is 0.244. The van der Waals surface area contributed by atoms with Gasteiger partial charge in [-0.2, -0.15) is 0 Å². The van der Waals surface area contributed by atoms with Crippen LogP contribution in [-0.4, -0.2) is 151 Å². The van der Waals surface area contributed by atoms with E-state index in [0.717, 1.165) is 22.6 Å². The van der Waals surface area contributed by atoms with Crippen LogP contribution in [0, 0.1) is 0 Å². The minimum Gasteiger partial charge on any atom is -0.390 e. The Kier molecular flexibility index (Phi) is 10.00. The van der Waals surface area contributed by atoms with Crippen molar-refractivity contribution >= 4 is 23.9 Å². The minimum atomic E-state index is -1.06. The molecule has 13 nitrogen and oxygen atoms in total. The monoisotopic (exact) mass is 663 g/mol. The van der Waals surface area contributed by atoms with E-state index in [4.69, 9.17) is 0 Å². The molecule has 13 heteroatoms. The third-order valence-electron chi connectivity index (χ3n) is 11.6. The highest BCUT2D eigenvalue weighted by Gasteiger charge is 2.62. The lowest BCUT2D eigenvalue weighted by atomic mass is 9.69. The van der Waals surface area contributed by atoms with Crippen LogP contribution >= 0.6 is 0 Å². The maximum Gasteiger partial charge on any atom is 0.325 e. The highest BCUT2D eigenvalue weighted by molar-refractivity contribution is 6.08. The smallest absolute Gasteiger partial charge is 0.325 e. The third-order valence-corrected chi connectivity index (χ3v) is 11.6. The molecule has 4 saturated heterocycles. The number of aliphatic hydroxyl groups excluding tert-OH is 2. The van der Waals surface area contributed by atoms with Gasteiger partial charge in [0.25, 0.3) is 11.8 Å². The standard InChI is InChI=1S/C34H61N7O6/c1-12-13-14-39(15-23(42)17-40-25(44)33(35-27(40)46)19-29(2,3)37(10)30(4,5)20-33)16-24(43)18-41-26(45)34(36-28(41)47)21-31(6,7)38(11)32(8,9)22-34/h23-24,42-43H,12-22H2,1-11H3,(H,35,46)(H,36,47). The maximum absolute atomic E-state index is 13.8. The number of piperidine rings is 2. The van der Waals surface area contributed by atoms with Crippen molar-refractivity contribution in [2.24, 2.45) is 0 Å². The molecule has 4 heterocycles. The van der Waals surface area contributed by atoms with Crippen molar-refractivity contribution < 1.29 is 29.4 Å². The number of rotatable bonds is 11. The predicted molar refractivity (Wildman–Crippen MR) is 180 cm³/mol. The Labute approximate surface area is 281 Å². The molecule has 47 heavy (non-hydrogen) atoms. The summed E-state index contributed by atoms with van der Waals surface area (Å²) in [5.74, 6) is -0.632. The summed E-state index contributed by atoms with van der Waals surface area (Å²) in [7, 11) is 4.07. The highest BCUT2D eigenvalue weighted by Crippen LogP contribution is 2.46. The van der Waals surface area contributed by atoms with Crippen molar-refractivity contribution in [3.63, 3.8) is 0 Å². The van der Waals surface area contributed by atoms with E-state index in [1.54, 1.807) is 0 Å². The Hall–Kier alpha value is -2.32. The second-order valence-corrected chi connectivity index (χ2v) is 17.4. The first-order valence-corrected chi connectivity index (χ1v) is 17.3. The van der Waals surface area contributed by atoms with Crippen LogP contribution in [0.4, 0.5) is 9.59 Å². The van der Waals surface area contributed by atoms with E-state index in [-0.39, 0.29) is 60.1 Å². The first kappa shape index (κ1) is 37.5. The Morgan fingerprint density at radius 2 is 0.979 bits per heavy atom. The van der Waals surface area contributed by atoms with Gasteiger partial charge < -0.3 is 20.8 Å². The van der Waals surface area contributed by atoms with Crippen LogP contribution < -0.4 is 10.6 Å². The molecule has 4 rings (SSSR count). The molecule has 0 bridgehead atoms. The first-order valence-electron chi connectivity index (χ1n) is 17.3. The van der Waals surface area contributed by atoms with Gasteiger partial charge in [-0.25, -0.2) is 9.59 Å². The summed E-state index contributed by atoms with van der Waals surface area (Å²) in [5, 5.41) is 28.3. The largest absolute Gasteiger partial charge is 0.390 e. The fourth-order valence-corrected chi connectivity index (χ4v) is 9.13. The van der Waals surface area contributed by atoms with E-state index in [0.29, 0.717) is 32.2 Å². The number of β-amino-alcohol motifs (C(OH)–C–C–N with tert-alkyl or cyclic N) is 2. The van der Waals surface area contributed by atoms with Crippen LogP contribution in [0.1, 0.15) is 101 Å². The van der Waals surface area contributed by atoms with E-state index in [9.17, 15) is 29.4 Å². The van der Waals surface area contributed by atoms with Crippen molar-refractivity contribution in [1.29, 1.82) is 0 Å². The molecular weight excluding hydrogens is 602 g/mol. The molecule has 0 saturated carbocycles. The highest BCUT2D eigenvalue weighted by atomic mass is 16.3. The molecule has 268 valence electrons. The molecule has 4 aliphatic rings. The average Bonchev–Trinajstić information content (AvgIpc) is 3.26. The van der Waals surface area contributed by atoms with Gasteiger partial charge in [0.1, 0.15) is 11.1 Å². The summed E-state index contributed by atoms with van der Waals surface area (Å²) >= 11 is 0. The van der Waals surface area contributed by atoms with E-state index >= 15 is 0 Å². The van der Waals surface area contributed by atoms with Gasteiger partial charge in [0.05, 0.1) is 25.3 Å². The van der Waals surface area contributed by atoms with Crippen molar-refractivity contribution in [1.82, 2.24) is 35.1 Å². The number of hydrogen-bond donors (Lipinski definition) is 4. The lowest BCUT2D eigenvalue weighted by molar-refractivity contribution is -0.140. The molecule has 4 aliphatic heterocycles. The molecule has 2 atom stereocenters. The maximum atomic E-state index is 13.8. The Morgan fingerprint density at radius 3 is 1.28 bits per heavy atom. The SMILES string of the molecule is CCCCN(CC(O)CN1C(=O)NC2(CC(C)(C)N(C)C(C)(C)C2)C1=O)CC(O)CN1C(=O)NC2(CC(C)(C)N(C)C(C)(C)C2)C1=O. The predicted octanol–water partition coefficient (Wildman–Crippen LogP) is 1.96. The Morgan fingerprint density at radius 1 is 0.660 bits per heavy atom. The molecule has 6 amide bonds. The van der Waals surface area contributed by atoms with Crippen LogP contribution in [0.3, 0.4) is 0 Å². The number of urea groups is 2. The van der Waals surface area contributed by atoms with Crippen molar-refractivity contribution in [2.45, 2.75) is 146 Å². The van der Waals surface area contributed by atoms with Crippen LogP contribution in [-0.2, 0) is 9.59 Å².